The van der Waals surface area contributed by atoms with E-state index in [9.17, 15) is 0 Å². The van der Waals surface area contributed by atoms with Gasteiger partial charge in [-0.15, -0.1) is 0 Å². The summed E-state index contributed by atoms with van der Waals surface area (Å²) in [6, 6.07) is 0.665. The Balaban J connectivity index is 1.57. The second-order valence-corrected chi connectivity index (χ2v) is 5.86. The number of ether oxygens (including phenoxy) is 1. The van der Waals surface area contributed by atoms with Gasteiger partial charge in [-0.05, 0) is 37.5 Å². The first-order chi connectivity index (χ1) is 8.36. The summed E-state index contributed by atoms with van der Waals surface area (Å²) in [6.45, 7) is 0.699. The van der Waals surface area contributed by atoms with Gasteiger partial charge in [-0.1, -0.05) is 0 Å². The van der Waals surface area contributed by atoms with Crippen LogP contribution in [0.25, 0.3) is 0 Å². The highest BCUT2D eigenvalue weighted by Crippen LogP contribution is 2.45. The Kier molecular flexibility index (Phi) is 3.29. The number of hydrogen-bond donors (Lipinski definition) is 1. The molecule has 2 aliphatic rings. The number of methoxy groups -OCH3 is 1. The first-order valence-corrected chi connectivity index (χ1v) is 7.22. The summed E-state index contributed by atoms with van der Waals surface area (Å²) in [7, 11) is 1.71. The number of anilines is 1. The van der Waals surface area contributed by atoms with E-state index in [1.54, 1.807) is 7.11 Å². The van der Waals surface area contributed by atoms with Crippen molar-refractivity contribution in [3.63, 3.8) is 0 Å². The number of nitrogens with zero attached hydrogens (tertiary/aromatic N) is 2. The lowest BCUT2D eigenvalue weighted by Gasteiger charge is -2.15. The molecule has 5 heteroatoms. The Bertz CT molecular complexity index is 362. The first kappa shape index (κ1) is 11.4. The van der Waals surface area contributed by atoms with Gasteiger partial charge >= 0.3 is 0 Å². The van der Waals surface area contributed by atoms with E-state index >= 15 is 0 Å². The van der Waals surface area contributed by atoms with Crippen molar-refractivity contribution < 1.29 is 4.74 Å². The van der Waals surface area contributed by atoms with Gasteiger partial charge in [0.05, 0.1) is 6.61 Å². The zero-order chi connectivity index (χ0) is 11.7. The van der Waals surface area contributed by atoms with Crippen LogP contribution in [0.2, 0.25) is 0 Å². The highest BCUT2D eigenvalue weighted by molar-refractivity contribution is 7.09. The molecule has 3 rings (SSSR count). The zero-order valence-corrected chi connectivity index (χ0v) is 11.0. The molecule has 4 nitrogen and oxygen atoms in total. The minimum Gasteiger partial charge on any atom is -0.384 e. The lowest BCUT2D eigenvalue weighted by atomic mass is 10.1. The maximum Gasteiger partial charge on any atom is 0.202 e. The number of nitrogens with one attached hydrogen (secondary N) is 1. The van der Waals surface area contributed by atoms with Gasteiger partial charge in [0, 0.05) is 31.1 Å². The van der Waals surface area contributed by atoms with Gasteiger partial charge in [-0.2, -0.15) is 4.37 Å². The molecule has 0 spiro atoms. The summed E-state index contributed by atoms with van der Waals surface area (Å²) in [6.07, 6.45) is 6.38. The fourth-order valence-electron chi connectivity index (χ4n) is 2.28. The average molecular weight is 253 g/mol. The standard InChI is InChI=1S/C12H19N3OS/c1-16-7-6-10-13-12(17-15-10)14-11(8-2-3-8)9-4-5-9/h8-9,11H,2-7H2,1H3,(H,13,14,15). The summed E-state index contributed by atoms with van der Waals surface area (Å²) in [5, 5.41) is 4.60. The van der Waals surface area contributed by atoms with Crippen molar-refractivity contribution >= 4 is 16.7 Å². The van der Waals surface area contributed by atoms with Crippen LogP contribution >= 0.6 is 11.5 Å². The second-order valence-electron chi connectivity index (χ2n) is 5.10. The molecule has 0 unspecified atom stereocenters. The van der Waals surface area contributed by atoms with Crippen molar-refractivity contribution in [2.24, 2.45) is 11.8 Å². The van der Waals surface area contributed by atoms with E-state index in [0.29, 0.717) is 12.6 Å². The smallest absolute Gasteiger partial charge is 0.202 e. The van der Waals surface area contributed by atoms with E-state index in [4.69, 9.17) is 4.74 Å². The van der Waals surface area contributed by atoms with Gasteiger partial charge in [0.15, 0.2) is 0 Å². The summed E-state index contributed by atoms with van der Waals surface area (Å²) in [5.41, 5.74) is 0. The molecule has 1 aromatic rings. The van der Waals surface area contributed by atoms with Crippen LogP contribution in [0.3, 0.4) is 0 Å². The number of aromatic nitrogens is 2. The second kappa shape index (κ2) is 4.90. The minimum absolute atomic E-state index is 0.665. The van der Waals surface area contributed by atoms with E-state index in [1.165, 1.54) is 37.2 Å². The van der Waals surface area contributed by atoms with Crippen LogP contribution in [-0.2, 0) is 11.2 Å². The van der Waals surface area contributed by atoms with E-state index in [2.05, 4.69) is 14.7 Å². The van der Waals surface area contributed by atoms with Crippen molar-refractivity contribution in [2.45, 2.75) is 38.1 Å². The molecule has 1 heterocycles. The number of rotatable bonds is 7. The molecule has 0 aliphatic heterocycles. The van der Waals surface area contributed by atoms with Crippen molar-refractivity contribution in [3.05, 3.63) is 5.82 Å². The molecule has 0 amide bonds. The monoisotopic (exact) mass is 253 g/mol. The SMILES string of the molecule is COCCc1nsc(NC(C2CC2)C2CC2)n1. The lowest BCUT2D eigenvalue weighted by molar-refractivity contribution is 0.201. The molecule has 2 aliphatic carbocycles. The Hall–Kier alpha value is -0.680. The van der Waals surface area contributed by atoms with Crippen LogP contribution < -0.4 is 5.32 Å². The predicted molar refractivity (Wildman–Crippen MR) is 68.3 cm³/mol. The minimum atomic E-state index is 0.665. The van der Waals surface area contributed by atoms with E-state index in [0.717, 1.165) is 29.2 Å². The van der Waals surface area contributed by atoms with Crippen LogP contribution in [0.1, 0.15) is 31.5 Å². The van der Waals surface area contributed by atoms with Gasteiger partial charge in [-0.3, -0.25) is 0 Å². The summed E-state index contributed by atoms with van der Waals surface area (Å²) < 4.78 is 9.39. The van der Waals surface area contributed by atoms with E-state index in [1.807, 2.05) is 0 Å². The number of hydrogen-bond acceptors (Lipinski definition) is 5. The van der Waals surface area contributed by atoms with Gasteiger partial charge in [-0.25, -0.2) is 4.98 Å². The zero-order valence-electron chi connectivity index (χ0n) is 10.2. The molecule has 0 bridgehead atoms. The molecular formula is C12H19N3OS. The molecule has 0 radical (unpaired) electrons. The fourth-order valence-corrected chi connectivity index (χ4v) is 2.94. The Morgan fingerprint density at radius 1 is 1.35 bits per heavy atom. The average Bonchev–Trinajstić information content (AvgIpc) is 3.23. The first-order valence-electron chi connectivity index (χ1n) is 6.45. The Labute approximate surface area is 106 Å². The topological polar surface area (TPSA) is 47.0 Å². The van der Waals surface area contributed by atoms with Crippen molar-refractivity contribution in [1.82, 2.24) is 9.36 Å². The normalized spacial score (nSPS) is 19.9. The van der Waals surface area contributed by atoms with Crippen molar-refractivity contribution in [2.75, 3.05) is 19.0 Å². The third-order valence-corrected chi connectivity index (χ3v) is 4.23. The molecule has 94 valence electrons. The largest absolute Gasteiger partial charge is 0.384 e. The maximum atomic E-state index is 5.04. The molecule has 0 saturated heterocycles. The van der Waals surface area contributed by atoms with Crippen molar-refractivity contribution in [3.8, 4) is 0 Å². The third-order valence-electron chi connectivity index (χ3n) is 3.55. The van der Waals surface area contributed by atoms with Gasteiger partial charge in [0.2, 0.25) is 5.13 Å². The van der Waals surface area contributed by atoms with Crippen LogP contribution in [0.5, 0.6) is 0 Å². The summed E-state index contributed by atoms with van der Waals surface area (Å²) >= 11 is 1.49. The van der Waals surface area contributed by atoms with Crippen LogP contribution in [-0.4, -0.2) is 29.1 Å². The van der Waals surface area contributed by atoms with Crippen molar-refractivity contribution in [1.29, 1.82) is 0 Å². The van der Waals surface area contributed by atoms with Crippen LogP contribution in [0, 0.1) is 11.8 Å². The molecule has 1 N–H and O–H groups in total. The molecule has 17 heavy (non-hydrogen) atoms. The van der Waals surface area contributed by atoms with Gasteiger partial charge in [0.25, 0.3) is 0 Å². The quantitative estimate of drug-likeness (QED) is 0.810. The maximum absolute atomic E-state index is 5.04. The Morgan fingerprint density at radius 2 is 2.06 bits per heavy atom. The summed E-state index contributed by atoms with van der Waals surface area (Å²) in [4.78, 5) is 4.52. The molecule has 1 aromatic heterocycles. The molecule has 2 fully saturated rings. The third kappa shape index (κ3) is 2.96. The summed E-state index contributed by atoms with van der Waals surface area (Å²) in [5.74, 6) is 2.70. The van der Waals surface area contributed by atoms with E-state index in [-0.39, 0.29) is 0 Å². The highest BCUT2D eigenvalue weighted by Gasteiger charge is 2.41. The lowest BCUT2D eigenvalue weighted by Crippen LogP contribution is -2.24. The van der Waals surface area contributed by atoms with Crippen LogP contribution in [0.15, 0.2) is 0 Å². The van der Waals surface area contributed by atoms with Gasteiger partial charge in [0.1, 0.15) is 5.82 Å². The highest BCUT2D eigenvalue weighted by atomic mass is 32.1. The van der Waals surface area contributed by atoms with Crippen LogP contribution in [0.4, 0.5) is 5.13 Å². The predicted octanol–water partition coefficient (Wildman–Crippen LogP) is 2.33. The molecule has 2 saturated carbocycles. The fraction of sp³-hybridized carbons (Fsp3) is 0.833. The molecule has 0 atom stereocenters. The van der Waals surface area contributed by atoms with Gasteiger partial charge < -0.3 is 10.1 Å². The Morgan fingerprint density at radius 3 is 2.65 bits per heavy atom. The molecule has 0 aromatic carbocycles. The van der Waals surface area contributed by atoms with E-state index < -0.39 is 0 Å². The molecular weight excluding hydrogens is 234 g/mol.